The molecule has 0 aliphatic carbocycles. The largest absolute Gasteiger partial charge is 0.382 e. The first-order valence-corrected chi connectivity index (χ1v) is 7.19. The van der Waals surface area contributed by atoms with Crippen molar-refractivity contribution < 1.29 is 4.79 Å². The van der Waals surface area contributed by atoms with Gasteiger partial charge in [0.15, 0.2) is 5.13 Å². The summed E-state index contributed by atoms with van der Waals surface area (Å²) < 4.78 is 0. The molecule has 0 atom stereocenters. The van der Waals surface area contributed by atoms with E-state index in [0.29, 0.717) is 22.4 Å². The molecule has 0 aliphatic heterocycles. The van der Waals surface area contributed by atoms with Gasteiger partial charge in [0.2, 0.25) is 0 Å². The van der Waals surface area contributed by atoms with Gasteiger partial charge in [0.05, 0.1) is 0 Å². The highest BCUT2D eigenvalue weighted by molar-refractivity contribution is 7.18. The predicted molar refractivity (Wildman–Crippen MR) is 80.8 cm³/mol. The number of carbonyl (C=O) groups is 1. The average molecular weight is 285 g/mol. The van der Waals surface area contributed by atoms with Crippen LogP contribution in [0, 0.1) is 0 Å². The van der Waals surface area contributed by atoms with Gasteiger partial charge in [-0.1, -0.05) is 11.3 Å². The molecule has 1 rings (SSSR count). The zero-order chi connectivity index (χ0) is 14.4. The van der Waals surface area contributed by atoms with Crippen molar-refractivity contribution in [1.29, 1.82) is 0 Å². The second-order valence-corrected chi connectivity index (χ2v) is 5.52. The molecular weight excluding hydrogens is 262 g/mol. The summed E-state index contributed by atoms with van der Waals surface area (Å²) in [5.41, 5.74) is 5.79. The third-order valence-electron chi connectivity index (χ3n) is 2.76. The molecule has 19 heavy (non-hydrogen) atoms. The molecule has 0 unspecified atom stereocenters. The fourth-order valence-corrected chi connectivity index (χ4v) is 2.52. The number of nitrogens with zero attached hydrogens (tertiary/aromatic N) is 3. The Labute approximate surface area is 118 Å². The molecule has 0 spiro atoms. The van der Waals surface area contributed by atoms with Gasteiger partial charge in [0.1, 0.15) is 10.7 Å². The third-order valence-corrected chi connectivity index (χ3v) is 3.84. The third kappa shape index (κ3) is 4.36. The van der Waals surface area contributed by atoms with E-state index in [1.165, 1.54) is 11.3 Å². The number of amides is 1. The number of nitrogens with one attached hydrogen (secondary N) is 1. The van der Waals surface area contributed by atoms with Crippen molar-refractivity contribution in [2.75, 3.05) is 51.8 Å². The summed E-state index contributed by atoms with van der Waals surface area (Å²) in [5, 5.41) is 3.58. The Hall–Kier alpha value is -1.34. The van der Waals surface area contributed by atoms with Crippen molar-refractivity contribution in [1.82, 2.24) is 14.8 Å². The highest BCUT2D eigenvalue weighted by Gasteiger charge is 2.20. The molecule has 1 amide bonds. The summed E-state index contributed by atoms with van der Waals surface area (Å²) in [7, 11) is 5.82. The highest BCUT2D eigenvalue weighted by atomic mass is 32.1. The lowest BCUT2D eigenvalue weighted by atomic mass is 10.3. The summed E-state index contributed by atoms with van der Waals surface area (Å²) >= 11 is 1.30. The van der Waals surface area contributed by atoms with Crippen LogP contribution < -0.4 is 11.1 Å². The lowest BCUT2D eigenvalue weighted by molar-refractivity contribution is 0.0765. The Balaban J connectivity index is 2.69. The number of anilines is 2. The van der Waals surface area contributed by atoms with E-state index in [1.54, 1.807) is 7.05 Å². The van der Waals surface area contributed by atoms with Crippen LogP contribution in [-0.2, 0) is 0 Å². The second kappa shape index (κ2) is 7.30. The van der Waals surface area contributed by atoms with Crippen LogP contribution in [0.4, 0.5) is 10.9 Å². The van der Waals surface area contributed by atoms with Crippen LogP contribution in [0.2, 0.25) is 0 Å². The van der Waals surface area contributed by atoms with Gasteiger partial charge in [-0.2, -0.15) is 0 Å². The van der Waals surface area contributed by atoms with Gasteiger partial charge in [-0.05, 0) is 34.0 Å². The summed E-state index contributed by atoms with van der Waals surface area (Å²) in [4.78, 5) is 20.9. The number of thiazole rings is 1. The molecule has 0 aliphatic rings. The van der Waals surface area contributed by atoms with E-state index in [2.05, 4.69) is 15.2 Å². The number of carbonyl (C=O) groups excluding carboxylic acids is 1. The minimum Gasteiger partial charge on any atom is -0.382 e. The molecule has 0 aromatic carbocycles. The fourth-order valence-electron chi connectivity index (χ4n) is 1.72. The molecule has 3 N–H and O–H groups in total. The van der Waals surface area contributed by atoms with Crippen LogP contribution in [0.3, 0.4) is 0 Å². The van der Waals surface area contributed by atoms with Crippen molar-refractivity contribution in [3.8, 4) is 0 Å². The van der Waals surface area contributed by atoms with E-state index in [9.17, 15) is 4.79 Å². The van der Waals surface area contributed by atoms with Crippen LogP contribution >= 0.6 is 11.3 Å². The molecule has 1 heterocycles. The Bertz CT molecular complexity index is 418. The number of hydrogen-bond donors (Lipinski definition) is 2. The minimum atomic E-state index is -0.0299. The van der Waals surface area contributed by atoms with Crippen LogP contribution in [0.5, 0.6) is 0 Å². The molecule has 7 heteroatoms. The molecule has 0 saturated carbocycles. The smallest absolute Gasteiger partial charge is 0.267 e. The molecule has 0 radical (unpaired) electrons. The van der Waals surface area contributed by atoms with Gasteiger partial charge in [-0.15, -0.1) is 0 Å². The van der Waals surface area contributed by atoms with Crippen molar-refractivity contribution in [2.45, 2.75) is 13.3 Å². The molecule has 0 saturated heterocycles. The lowest BCUT2D eigenvalue weighted by Gasteiger charge is -2.21. The topological polar surface area (TPSA) is 74.5 Å². The SMILES string of the molecule is CCN(CCCN(C)C)C(=O)c1sc(NC)nc1N. The number of aromatic nitrogens is 1. The molecule has 1 aromatic heterocycles. The highest BCUT2D eigenvalue weighted by Crippen LogP contribution is 2.25. The van der Waals surface area contributed by atoms with Crippen molar-refractivity contribution in [2.24, 2.45) is 0 Å². The van der Waals surface area contributed by atoms with E-state index >= 15 is 0 Å². The maximum atomic E-state index is 12.4. The van der Waals surface area contributed by atoms with E-state index in [4.69, 9.17) is 5.73 Å². The first-order chi connectivity index (χ1) is 8.99. The molecule has 0 bridgehead atoms. The van der Waals surface area contributed by atoms with Crippen molar-refractivity contribution in [3.05, 3.63) is 4.88 Å². The molecule has 1 aromatic rings. The molecule has 0 fully saturated rings. The van der Waals surface area contributed by atoms with Gasteiger partial charge in [0, 0.05) is 20.1 Å². The van der Waals surface area contributed by atoms with Crippen molar-refractivity contribution in [3.63, 3.8) is 0 Å². The fraction of sp³-hybridized carbons (Fsp3) is 0.667. The van der Waals surface area contributed by atoms with Crippen LogP contribution in [0.25, 0.3) is 0 Å². The maximum absolute atomic E-state index is 12.4. The summed E-state index contributed by atoms with van der Waals surface area (Å²) in [6.07, 6.45) is 0.949. The van der Waals surface area contributed by atoms with Crippen LogP contribution in [0.15, 0.2) is 0 Å². The Kier molecular flexibility index (Phi) is 6.04. The van der Waals surface area contributed by atoms with Crippen molar-refractivity contribution >= 4 is 28.2 Å². The zero-order valence-electron chi connectivity index (χ0n) is 12.1. The first-order valence-electron chi connectivity index (χ1n) is 6.37. The summed E-state index contributed by atoms with van der Waals surface area (Å²) in [6.45, 7) is 4.35. The minimum absolute atomic E-state index is 0.0299. The number of rotatable bonds is 7. The predicted octanol–water partition coefficient (Wildman–Crippen LogP) is 1.18. The van der Waals surface area contributed by atoms with E-state index < -0.39 is 0 Å². The molecular formula is C12H23N5OS. The van der Waals surface area contributed by atoms with Gasteiger partial charge < -0.3 is 20.9 Å². The van der Waals surface area contributed by atoms with E-state index in [1.807, 2.05) is 25.9 Å². The van der Waals surface area contributed by atoms with Crippen LogP contribution in [-0.4, -0.2) is 61.5 Å². The number of hydrogen-bond acceptors (Lipinski definition) is 6. The van der Waals surface area contributed by atoms with E-state index in [-0.39, 0.29) is 5.91 Å². The van der Waals surface area contributed by atoms with Crippen LogP contribution in [0.1, 0.15) is 23.0 Å². The van der Waals surface area contributed by atoms with Gasteiger partial charge in [-0.3, -0.25) is 4.79 Å². The van der Waals surface area contributed by atoms with Gasteiger partial charge in [0.25, 0.3) is 5.91 Å². The first kappa shape index (κ1) is 15.7. The monoisotopic (exact) mass is 285 g/mol. The number of nitrogens with two attached hydrogens (primary N) is 1. The Morgan fingerprint density at radius 1 is 1.42 bits per heavy atom. The Morgan fingerprint density at radius 2 is 2.11 bits per heavy atom. The quantitative estimate of drug-likeness (QED) is 0.787. The van der Waals surface area contributed by atoms with E-state index in [0.717, 1.165) is 19.5 Å². The second-order valence-electron chi connectivity index (χ2n) is 4.53. The number of nitrogen functional groups attached to an aromatic ring is 1. The lowest BCUT2D eigenvalue weighted by Crippen LogP contribution is -2.33. The normalized spacial score (nSPS) is 10.8. The summed E-state index contributed by atoms with van der Waals surface area (Å²) in [5.74, 6) is 0.281. The zero-order valence-corrected chi connectivity index (χ0v) is 12.9. The van der Waals surface area contributed by atoms with Gasteiger partial charge in [-0.25, -0.2) is 4.98 Å². The molecule has 6 nitrogen and oxygen atoms in total. The maximum Gasteiger partial charge on any atom is 0.267 e. The standard InChI is InChI=1S/C12H23N5OS/c1-5-17(8-6-7-16(3)4)11(18)9-10(13)15-12(14-2)19-9/h5-8,13H2,1-4H3,(H,14,15). The summed E-state index contributed by atoms with van der Waals surface area (Å²) in [6, 6.07) is 0. The Morgan fingerprint density at radius 3 is 2.58 bits per heavy atom. The molecule has 108 valence electrons. The van der Waals surface area contributed by atoms with Gasteiger partial charge >= 0.3 is 0 Å². The average Bonchev–Trinajstić information content (AvgIpc) is 2.75.